The lowest BCUT2D eigenvalue weighted by Gasteiger charge is -2.16. The smallest absolute Gasteiger partial charge is 0.347 e. The molecule has 0 saturated carbocycles. The molecule has 1 fully saturated rings. The molecule has 148 valence electrons. The Hall–Kier alpha value is -3.66. The summed E-state index contributed by atoms with van der Waals surface area (Å²) in [4.78, 5) is 38.0. The lowest BCUT2D eigenvalue weighted by atomic mass is 10.1. The Bertz CT molecular complexity index is 962. The van der Waals surface area contributed by atoms with Crippen LogP contribution in [-0.2, 0) is 14.3 Å². The summed E-state index contributed by atoms with van der Waals surface area (Å²) < 4.78 is 10.5. The van der Waals surface area contributed by atoms with Gasteiger partial charge in [-0.3, -0.25) is 9.59 Å². The van der Waals surface area contributed by atoms with E-state index in [2.05, 4.69) is 0 Å². The van der Waals surface area contributed by atoms with Gasteiger partial charge in [0.2, 0.25) is 5.91 Å². The van der Waals surface area contributed by atoms with Crippen molar-refractivity contribution in [1.29, 1.82) is 5.26 Å². The van der Waals surface area contributed by atoms with E-state index in [9.17, 15) is 14.4 Å². The average molecular weight is 392 g/mol. The molecule has 1 atom stereocenters. The second kappa shape index (κ2) is 9.02. The third-order valence-electron chi connectivity index (χ3n) is 4.53. The first kappa shape index (κ1) is 20.1. The molecule has 1 aliphatic heterocycles. The average Bonchev–Trinajstić information content (AvgIpc) is 3.18. The molecule has 0 bridgehead atoms. The summed E-state index contributed by atoms with van der Waals surface area (Å²) in [6.07, 6.45) is 0.392. The van der Waals surface area contributed by atoms with Crippen LogP contribution < -0.4 is 9.64 Å². The van der Waals surface area contributed by atoms with Crippen molar-refractivity contribution in [2.24, 2.45) is 0 Å². The van der Waals surface area contributed by atoms with Crippen LogP contribution in [0.3, 0.4) is 0 Å². The Balaban J connectivity index is 1.55. The molecule has 7 heteroatoms. The maximum Gasteiger partial charge on any atom is 0.347 e. The predicted molar refractivity (Wildman–Crippen MR) is 105 cm³/mol. The molecule has 0 unspecified atom stereocenters. The number of esters is 1. The van der Waals surface area contributed by atoms with Crippen LogP contribution in [0.5, 0.6) is 5.75 Å². The third-order valence-corrected chi connectivity index (χ3v) is 4.53. The minimum atomic E-state index is -0.913. The van der Waals surface area contributed by atoms with Crippen LogP contribution in [0.15, 0.2) is 48.5 Å². The summed E-state index contributed by atoms with van der Waals surface area (Å²) in [5.74, 6) is -0.580. The van der Waals surface area contributed by atoms with E-state index in [0.717, 1.165) is 6.42 Å². The van der Waals surface area contributed by atoms with Crippen molar-refractivity contribution >= 4 is 23.3 Å². The number of nitriles is 1. The number of amides is 1. The second-order valence-corrected chi connectivity index (χ2v) is 6.63. The Morgan fingerprint density at radius 3 is 2.62 bits per heavy atom. The minimum absolute atomic E-state index is 0.0369. The Morgan fingerprint density at radius 2 is 1.97 bits per heavy atom. The van der Waals surface area contributed by atoms with Gasteiger partial charge >= 0.3 is 5.97 Å². The van der Waals surface area contributed by atoms with Crippen LogP contribution in [0.2, 0.25) is 0 Å². The van der Waals surface area contributed by atoms with Crippen molar-refractivity contribution in [3.8, 4) is 11.8 Å². The van der Waals surface area contributed by atoms with Crippen molar-refractivity contribution in [2.75, 3.05) is 18.1 Å². The van der Waals surface area contributed by atoms with E-state index in [1.165, 1.54) is 6.92 Å². The van der Waals surface area contributed by atoms with E-state index in [1.807, 2.05) is 6.07 Å². The third kappa shape index (κ3) is 4.99. The molecule has 0 N–H and O–H groups in total. The highest BCUT2D eigenvalue weighted by molar-refractivity contribution is 6.01. The fourth-order valence-corrected chi connectivity index (χ4v) is 2.97. The number of ketones is 1. The van der Waals surface area contributed by atoms with Gasteiger partial charge in [-0.25, -0.2) is 4.79 Å². The molecular formula is C22H20N2O5. The van der Waals surface area contributed by atoms with Gasteiger partial charge in [0.1, 0.15) is 5.75 Å². The standard InChI is InChI=1S/C22H20N2O5/c1-15(29-19-9-7-16(13-23)8-10-19)22(27)28-14-20(25)17-4-2-5-18(12-17)24-11-3-6-21(24)26/h2,4-5,7-10,12,15H,3,6,11,14H2,1H3/t15-/m0/s1. The molecule has 3 rings (SSSR count). The maximum absolute atomic E-state index is 12.4. The van der Waals surface area contributed by atoms with E-state index in [4.69, 9.17) is 14.7 Å². The second-order valence-electron chi connectivity index (χ2n) is 6.63. The van der Waals surface area contributed by atoms with Crippen molar-refractivity contribution in [2.45, 2.75) is 25.9 Å². The number of Topliss-reactive ketones (excluding diaryl/α,β-unsaturated/α-hetero) is 1. The van der Waals surface area contributed by atoms with Crippen molar-refractivity contribution in [3.05, 3.63) is 59.7 Å². The molecule has 2 aromatic rings. The van der Waals surface area contributed by atoms with Crippen LogP contribution >= 0.6 is 0 Å². The normalized spacial score (nSPS) is 14.2. The molecule has 1 aliphatic rings. The van der Waals surface area contributed by atoms with Crippen LogP contribution in [-0.4, -0.2) is 36.9 Å². The first-order chi connectivity index (χ1) is 14.0. The molecule has 0 radical (unpaired) electrons. The largest absolute Gasteiger partial charge is 0.479 e. The molecule has 1 heterocycles. The molecule has 0 aliphatic carbocycles. The molecule has 1 saturated heterocycles. The summed E-state index contributed by atoms with van der Waals surface area (Å²) in [6.45, 7) is 1.73. The Labute approximate surface area is 168 Å². The molecule has 2 aromatic carbocycles. The van der Waals surface area contributed by atoms with Gasteiger partial charge in [0.05, 0.1) is 11.6 Å². The van der Waals surface area contributed by atoms with Crippen LogP contribution in [0.4, 0.5) is 5.69 Å². The van der Waals surface area contributed by atoms with E-state index in [-0.39, 0.29) is 11.7 Å². The zero-order valence-electron chi connectivity index (χ0n) is 16.0. The van der Waals surface area contributed by atoms with E-state index in [0.29, 0.717) is 35.5 Å². The highest BCUT2D eigenvalue weighted by Crippen LogP contribution is 2.22. The fraction of sp³-hybridized carbons (Fsp3) is 0.273. The molecule has 7 nitrogen and oxygen atoms in total. The van der Waals surface area contributed by atoms with Crippen molar-refractivity contribution in [1.82, 2.24) is 0 Å². The number of ether oxygens (including phenoxy) is 2. The van der Waals surface area contributed by atoms with Crippen LogP contribution in [0, 0.1) is 11.3 Å². The van der Waals surface area contributed by atoms with E-state index < -0.39 is 18.7 Å². The number of anilines is 1. The van der Waals surface area contributed by atoms with Gasteiger partial charge in [-0.2, -0.15) is 5.26 Å². The lowest BCUT2D eigenvalue weighted by Crippen LogP contribution is -2.28. The summed E-state index contributed by atoms with van der Waals surface area (Å²) in [5, 5.41) is 8.79. The van der Waals surface area contributed by atoms with Crippen molar-refractivity contribution < 1.29 is 23.9 Å². The molecule has 29 heavy (non-hydrogen) atoms. The zero-order valence-corrected chi connectivity index (χ0v) is 16.0. The maximum atomic E-state index is 12.4. The first-order valence-corrected chi connectivity index (χ1v) is 9.25. The van der Waals surface area contributed by atoms with Gasteiger partial charge in [0, 0.05) is 24.2 Å². The first-order valence-electron chi connectivity index (χ1n) is 9.25. The summed E-state index contributed by atoms with van der Waals surface area (Å²) in [6, 6.07) is 15.1. The van der Waals surface area contributed by atoms with E-state index in [1.54, 1.807) is 53.4 Å². The molecule has 0 aromatic heterocycles. The van der Waals surface area contributed by atoms with Gasteiger partial charge in [-0.1, -0.05) is 12.1 Å². The predicted octanol–water partition coefficient (Wildman–Crippen LogP) is 2.88. The van der Waals surface area contributed by atoms with Gasteiger partial charge < -0.3 is 14.4 Å². The molecule has 0 spiro atoms. The lowest BCUT2D eigenvalue weighted by molar-refractivity contribution is -0.149. The fourth-order valence-electron chi connectivity index (χ4n) is 2.97. The highest BCUT2D eigenvalue weighted by Gasteiger charge is 2.23. The molecular weight excluding hydrogens is 372 g/mol. The number of nitrogens with zero attached hydrogens (tertiary/aromatic N) is 2. The number of carbonyl (C=O) groups excluding carboxylic acids is 3. The van der Waals surface area contributed by atoms with Crippen molar-refractivity contribution in [3.63, 3.8) is 0 Å². The number of hydrogen-bond acceptors (Lipinski definition) is 6. The Morgan fingerprint density at radius 1 is 1.21 bits per heavy atom. The summed E-state index contributed by atoms with van der Waals surface area (Å²) in [7, 11) is 0. The van der Waals surface area contributed by atoms with Crippen LogP contribution in [0.25, 0.3) is 0 Å². The number of benzene rings is 2. The van der Waals surface area contributed by atoms with Gasteiger partial charge in [0.25, 0.3) is 0 Å². The Kier molecular flexibility index (Phi) is 6.25. The number of rotatable bonds is 7. The van der Waals surface area contributed by atoms with E-state index >= 15 is 0 Å². The van der Waals surface area contributed by atoms with Gasteiger partial charge in [-0.05, 0) is 49.7 Å². The highest BCUT2D eigenvalue weighted by atomic mass is 16.6. The van der Waals surface area contributed by atoms with Gasteiger partial charge in [-0.15, -0.1) is 0 Å². The minimum Gasteiger partial charge on any atom is -0.479 e. The SMILES string of the molecule is C[C@H](Oc1ccc(C#N)cc1)C(=O)OCC(=O)c1cccc(N2CCCC2=O)c1. The summed E-state index contributed by atoms with van der Waals surface area (Å²) in [5.41, 5.74) is 1.52. The zero-order chi connectivity index (χ0) is 20.8. The number of hydrogen-bond donors (Lipinski definition) is 0. The van der Waals surface area contributed by atoms with Crippen LogP contribution in [0.1, 0.15) is 35.7 Å². The summed E-state index contributed by atoms with van der Waals surface area (Å²) >= 11 is 0. The van der Waals surface area contributed by atoms with Gasteiger partial charge in [0.15, 0.2) is 18.5 Å². The monoisotopic (exact) mass is 392 g/mol. The topological polar surface area (TPSA) is 96.7 Å². The molecule has 1 amide bonds. The number of carbonyl (C=O) groups is 3. The quantitative estimate of drug-likeness (QED) is 0.531.